The van der Waals surface area contributed by atoms with E-state index in [1.54, 1.807) is 97.1 Å². The lowest BCUT2D eigenvalue weighted by Gasteiger charge is -2.46. The molecule has 1 aliphatic carbocycles. The van der Waals surface area contributed by atoms with Gasteiger partial charge < -0.3 is 20.9 Å². The van der Waals surface area contributed by atoms with Gasteiger partial charge in [0, 0.05) is 45.0 Å². The summed E-state index contributed by atoms with van der Waals surface area (Å²) in [5.41, 5.74) is 13.7. The maximum Gasteiger partial charge on any atom is 0.259 e. The Labute approximate surface area is 301 Å². The molecule has 1 saturated carbocycles. The second-order valence-corrected chi connectivity index (χ2v) is 14.2. The highest BCUT2D eigenvalue weighted by Gasteiger charge is 2.54. The summed E-state index contributed by atoms with van der Waals surface area (Å²) in [6.07, 6.45) is 1.75. The summed E-state index contributed by atoms with van der Waals surface area (Å²) < 4.78 is 12.5. The van der Waals surface area contributed by atoms with Crippen LogP contribution < -0.4 is 31.6 Å². The standard InChI is InChI=1S/C42H40N4O6/c1-23(2)24-20-21-42(3,37-35(39(48)46-41(37)50)30-9-5-7-11-33(30)52-28-18-14-26(44)15-19-28)31(22-24)36-34(38(47)45-40(36)49)29-8-4-6-10-32(29)51-27-16-12-25(43)13-17-27/h4-19,23-24,31H,20-22,43-44H2,1-3H3,(H,45,47,49)(H,46,48,50). The van der Waals surface area contributed by atoms with Crippen molar-refractivity contribution in [2.75, 3.05) is 11.5 Å². The van der Waals surface area contributed by atoms with Crippen LogP contribution in [0.4, 0.5) is 11.4 Å². The molecule has 10 heteroatoms. The Morgan fingerprint density at radius 1 is 0.654 bits per heavy atom. The highest BCUT2D eigenvalue weighted by molar-refractivity contribution is 6.38. The summed E-state index contributed by atoms with van der Waals surface area (Å²) in [5, 5.41) is 5.10. The van der Waals surface area contributed by atoms with Gasteiger partial charge in [-0.25, -0.2) is 0 Å². The van der Waals surface area contributed by atoms with Crippen LogP contribution in [0.5, 0.6) is 23.0 Å². The third kappa shape index (κ3) is 6.21. The average Bonchev–Trinajstić information content (AvgIpc) is 3.59. The summed E-state index contributed by atoms with van der Waals surface area (Å²) in [6.45, 7) is 6.20. The number of carbonyl (C=O) groups excluding carboxylic acids is 4. The number of benzene rings is 4. The van der Waals surface area contributed by atoms with Crippen LogP contribution in [-0.2, 0) is 19.2 Å². The van der Waals surface area contributed by atoms with Crippen molar-refractivity contribution in [1.29, 1.82) is 0 Å². The number of imide groups is 2. The molecule has 1 fully saturated rings. The molecule has 0 saturated heterocycles. The van der Waals surface area contributed by atoms with Gasteiger partial charge in [-0.2, -0.15) is 0 Å². The molecule has 52 heavy (non-hydrogen) atoms. The van der Waals surface area contributed by atoms with Crippen LogP contribution in [-0.4, -0.2) is 23.6 Å². The largest absolute Gasteiger partial charge is 0.457 e. The minimum absolute atomic E-state index is 0.182. The van der Waals surface area contributed by atoms with E-state index < -0.39 is 35.0 Å². The molecule has 0 aromatic heterocycles. The summed E-state index contributed by atoms with van der Waals surface area (Å²) in [5.74, 6) is -0.565. The Balaban J connectivity index is 1.41. The zero-order valence-electron chi connectivity index (χ0n) is 29.2. The number of carbonyl (C=O) groups is 4. The summed E-state index contributed by atoms with van der Waals surface area (Å²) in [7, 11) is 0. The number of hydrogen-bond donors (Lipinski definition) is 4. The molecule has 0 radical (unpaired) electrons. The van der Waals surface area contributed by atoms with E-state index >= 15 is 0 Å². The first-order valence-corrected chi connectivity index (χ1v) is 17.4. The molecular formula is C42H40N4O6. The van der Waals surface area contributed by atoms with Crippen molar-refractivity contribution >= 4 is 46.1 Å². The molecule has 3 unspecified atom stereocenters. The zero-order valence-corrected chi connectivity index (χ0v) is 29.2. The van der Waals surface area contributed by atoms with Crippen molar-refractivity contribution < 1.29 is 28.7 Å². The molecule has 264 valence electrons. The molecule has 7 rings (SSSR count). The minimum atomic E-state index is -1.04. The van der Waals surface area contributed by atoms with Gasteiger partial charge in [-0.3, -0.25) is 29.8 Å². The molecule has 2 heterocycles. The highest BCUT2D eigenvalue weighted by atomic mass is 16.5. The second-order valence-electron chi connectivity index (χ2n) is 14.2. The van der Waals surface area contributed by atoms with Gasteiger partial charge >= 0.3 is 0 Å². The van der Waals surface area contributed by atoms with E-state index in [1.807, 2.05) is 6.92 Å². The summed E-state index contributed by atoms with van der Waals surface area (Å²) in [4.78, 5) is 55.8. The molecule has 3 atom stereocenters. The molecule has 0 spiro atoms. The summed E-state index contributed by atoms with van der Waals surface area (Å²) >= 11 is 0. The van der Waals surface area contributed by atoms with Crippen LogP contribution in [0.1, 0.15) is 51.2 Å². The summed E-state index contributed by atoms with van der Waals surface area (Å²) in [6, 6.07) is 27.9. The lowest BCUT2D eigenvalue weighted by molar-refractivity contribution is -0.126. The average molecular weight is 697 g/mol. The van der Waals surface area contributed by atoms with Gasteiger partial charge in [-0.05, 0) is 91.8 Å². The number of nitrogen functional groups attached to an aromatic ring is 2. The number of anilines is 2. The van der Waals surface area contributed by atoms with E-state index in [0.29, 0.717) is 58.3 Å². The van der Waals surface area contributed by atoms with Crippen molar-refractivity contribution in [3.63, 3.8) is 0 Å². The maximum absolute atomic E-state index is 14.1. The van der Waals surface area contributed by atoms with Crippen LogP contribution in [0.25, 0.3) is 11.1 Å². The fourth-order valence-corrected chi connectivity index (χ4v) is 7.86. The fraction of sp³-hybridized carbons (Fsp3) is 0.238. The van der Waals surface area contributed by atoms with E-state index in [1.165, 1.54) is 0 Å². The molecule has 4 aromatic carbocycles. The SMILES string of the molecule is CC(C)C1CCC(C)(C2=C(c3ccccc3Oc3ccc(N)cc3)C(=O)NC2=O)C(C2=C(c3ccccc3Oc3ccc(N)cc3)C(=O)NC2=O)C1. The van der Waals surface area contributed by atoms with Crippen molar-refractivity contribution in [2.45, 2.75) is 40.0 Å². The van der Waals surface area contributed by atoms with Gasteiger partial charge in [0.2, 0.25) is 0 Å². The molecule has 2 aliphatic heterocycles. The van der Waals surface area contributed by atoms with E-state index in [2.05, 4.69) is 24.5 Å². The third-order valence-electron chi connectivity index (χ3n) is 10.6. The molecule has 4 amide bonds. The van der Waals surface area contributed by atoms with Crippen LogP contribution in [0.2, 0.25) is 0 Å². The number of nitrogens with two attached hydrogens (primary N) is 2. The first-order valence-electron chi connectivity index (χ1n) is 17.4. The molecule has 4 aromatic rings. The van der Waals surface area contributed by atoms with Crippen LogP contribution in [0.15, 0.2) is 108 Å². The Bertz CT molecular complexity index is 2170. The van der Waals surface area contributed by atoms with Gasteiger partial charge in [0.25, 0.3) is 23.6 Å². The number of ether oxygens (including phenoxy) is 2. The van der Waals surface area contributed by atoms with Gasteiger partial charge in [0.05, 0.1) is 11.1 Å². The van der Waals surface area contributed by atoms with Crippen LogP contribution in [0.3, 0.4) is 0 Å². The predicted octanol–water partition coefficient (Wildman–Crippen LogP) is 7.03. The van der Waals surface area contributed by atoms with Gasteiger partial charge in [0.1, 0.15) is 23.0 Å². The Morgan fingerprint density at radius 3 is 1.67 bits per heavy atom. The number of nitrogens with one attached hydrogen (secondary N) is 2. The van der Waals surface area contributed by atoms with E-state index in [4.69, 9.17) is 20.9 Å². The predicted molar refractivity (Wildman–Crippen MR) is 199 cm³/mol. The second kappa shape index (κ2) is 13.5. The lowest BCUT2D eigenvalue weighted by Crippen LogP contribution is -2.42. The van der Waals surface area contributed by atoms with E-state index in [0.717, 1.165) is 6.42 Å². The molecule has 0 bridgehead atoms. The van der Waals surface area contributed by atoms with Crippen LogP contribution in [0, 0.1) is 23.2 Å². The first-order chi connectivity index (χ1) is 24.9. The maximum atomic E-state index is 14.1. The highest BCUT2D eigenvalue weighted by Crippen LogP contribution is 2.57. The first kappa shape index (κ1) is 34.3. The normalized spacial score (nSPS) is 21.8. The number of hydrogen-bond acceptors (Lipinski definition) is 8. The number of rotatable bonds is 9. The Kier molecular flexibility index (Phi) is 8.92. The van der Waals surface area contributed by atoms with Crippen molar-refractivity contribution in [3.8, 4) is 23.0 Å². The number of amides is 4. The Morgan fingerprint density at radius 2 is 1.13 bits per heavy atom. The van der Waals surface area contributed by atoms with Gasteiger partial charge in [-0.1, -0.05) is 57.2 Å². The monoisotopic (exact) mass is 696 g/mol. The van der Waals surface area contributed by atoms with Gasteiger partial charge in [-0.15, -0.1) is 0 Å². The minimum Gasteiger partial charge on any atom is -0.457 e. The van der Waals surface area contributed by atoms with Crippen molar-refractivity contribution in [1.82, 2.24) is 10.6 Å². The van der Waals surface area contributed by atoms with Gasteiger partial charge in [0.15, 0.2) is 0 Å². The molecule has 3 aliphatic rings. The zero-order chi connectivity index (χ0) is 36.7. The quantitative estimate of drug-likeness (QED) is 0.107. The fourth-order valence-electron chi connectivity index (χ4n) is 7.86. The number of para-hydroxylation sites is 2. The molecule has 6 N–H and O–H groups in total. The topological polar surface area (TPSA) is 163 Å². The van der Waals surface area contributed by atoms with E-state index in [-0.39, 0.29) is 34.1 Å². The van der Waals surface area contributed by atoms with Crippen LogP contribution >= 0.6 is 0 Å². The van der Waals surface area contributed by atoms with E-state index in [9.17, 15) is 19.2 Å². The third-order valence-corrected chi connectivity index (χ3v) is 10.6. The van der Waals surface area contributed by atoms with Crippen molar-refractivity contribution in [3.05, 3.63) is 119 Å². The lowest BCUT2D eigenvalue weighted by atomic mass is 9.56. The molecule has 10 nitrogen and oxygen atoms in total. The van der Waals surface area contributed by atoms with Crippen molar-refractivity contribution in [2.24, 2.45) is 23.2 Å². The Hall–Kier alpha value is -6.16. The smallest absolute Gasteiger partial charge is 0.259 e. The molecular weight excluding hydrogens is 656 g/mol.